The normalized spacial score (nSPS) is 11.9. The number of benzene rings is 3. The lowest BCUT2D eigenvalue weighted by atomic mass is 10.1. The Morgan fingerprint density at radius 1 is 0.688 bits per heavy atom. The summed E-state index contributed by atoms with van der Waals surface area (Å²) < 4.78 is 56.1. The van der Waals surface area contributed by atoms with Crippen LogP contribution in [-0.2, 0) is 26.5 Å². The highest BCUT2D eigenvalue weighted by Gasteiger charge is 2.18. The van der Waals surface area contributed by atoms with Crippen LogP contribution in [0.15, 0.2) is 70.5 Å². The molecular weight excluding hydrogens is 444 g/mol. The molecule has 0 unspecified atom stereocenters. The summed E-state index contributed by atoms with van der Waals surface area (Å²) in [6.45, 7) is 7.72. The van der Waals surface area contributed by atoms with Gasteiger partial charge in [-0.15, -0.1) is 0 Å². The molecule has 3 rings (SSSR count). The zero-order chi connectivity index (χ0) is 23.5. The summed E-state index contributed by atoms with van der Waals surface area (Å²) in [5.41, 5.74) is 4.63. The molecule has 2 N–H and O–H groups in total. The van der Waals surface area contributed by atoms with Crippen molar-refractivity contribution in [2.45, 2.75) is 50.3 Å². The molecule has 0 atom stereocenters. The van der Waals surface area contributed by atoms with Gasteiger partial charge in [0.15, 0.2) is 0 Å². The van der Waals surface area contributed by atoms with Gasteiger partial charge in [-0.25, -0.2) is 16.8 Å². The van der Waals surface area contributed by atoms with E-state index in [1.54, 1.807) is 24.3 Å². The second-order valence-electron chi connectivity index (χ2n) is 7.90. The van der Waals surface area contributed by atoms with Crippen LogP contribution in [-0.4, -0.2) is 16.8 Å². The van der Waals surface area contributed by atoms with Crippen molar-refractivity contribution in [3.63, 3.8) is 0 Å². The van der Waals surface area contributed by atoms with Crippen LogP contribution in [0.2, 0.25) is 0 Å². The molecular formula is C24H28N2O4S2. The summed E-state index contributed by atoms with van der Waals surface area (Å²) in [5, 5.41) is 0. The fourth-order valence-corrected chi connectivity index (χ4v) is 5.84. The number of aryl methyl sites for hydroxylation is 4. The summed E-state index contributed by atoms with van der Waals surface area (Å²) in [4.78, 5) is 0.199. The van der Waals surface area contributed by atoms with Crippen molar-refractivity contribution >= 4 is 31.4 Å². The number of nitrogens with one attached hydrogen (secondary N) is 2. The first-order chi connectivity index (χ1) is 15.0. The summed E-state index contributed by atoms with van der Waals surface area (Å²) in [5.74, 6) is 0. The van der Waals surface area contributed by atoms with Gasteiger partial charge in [-0.2, -0.15) is 0 Å². The van der Waals surface area contributed by atoms with Crippen molar-refractivity contribution in [1.82, 2.24) is 0 Å². The molecule has 0 radical (unpaired) electrons. The average Bonchev–Trinajstić information content (AvgIpc) is 2.71. The second-order valence-corrected chi connectivity index (χ2v) is 11.3. The molecule has 170 valence electrons. The molecule has 0 aliphatic heterocycles. The summed E-state index contributed by atoms with van der Waals surface area (Å²) in [7, 11) is -7.59. The third-order valence-corrected chi connectivity index (χ3v) is 7.87. The Labute approximate surface area is 190 Å². The van der Waals surface area contributed by atoms with Gasteiger partial charge in [0.2, 0.25) is 0 Å². The topological polar surface area (TPSA) is 92.3 Å². The Bertz CT molecular complexity index is 1290. The van der Waals surface area contributed by atoms with E-state index in [1.165, 1.54) is 24.3 Å². The zero-order valence-corrected chi connectivity index (χ0v) is 20.3. The predicted molar refractivity (Wildman–Crippen MR) is 129 cm³/mol. The summed E-state index contributed by atoms with van der Waals surface area (Å²) in [6.07, 6.45) is 1.87. The quantitative estimate of drug-likeness (QED) is 0.473. The molecule has 0 fully saturated rings. The van der Waals surface area contributed by atoms with Gasteiger partial charge in [0.05, 0.1) is 15.5 Å². The molecule has 0 saturated heterocycles. The molecule has 0 heterocycles. The van der Waals surface area contributed by atoms with E-state index in [9.17, 15) is 16.8 Å². The predicted octanol–water partition coefficient (Wildman–Crippen LogP) is 5.17. The first-order valence-corrected chi connectivity index (χ1v) is 13.3. The van der Waals surface area contributed by atoms with E-state index in [1.807, 2.05) is 32.9 Å². The highest BCUT2D eigenvalue weighted by atomic mass is 32.2. The van der Waals surface area contributed by atoms with Crippen molar-refractivity contribution in [2.75, 3.05) is 9.44 Å². The maximum Gasteiger partial charge on any atom is 0.261 e. The maximum absolute atomic E-state index is 12.8. The third kappa shape index (κ3) is 5.49. The highest BCUT2D eigenvalue weighted by Crippen LogP contribution is 2.26. The molecule has 0 aromatic heterocycles. The van der Waals surface area contributed by atoms with Crippen molar-refractivity contribution in [1.29, 1.82) is 0 Å². The van der Waals surface area contributed by atoms with Crippen LogP contribution in [0.25, 0.3) is 0 Å². The molecule has 0 amide bonds. The minimum absolute atomic E-state index is 0.0451. The van der Waals surface area contributed by atoms with Gasteiger partial charge in [-0.05, 0) is 80.3 Å². The Morgan fingerprint density at radius 3 is 1.66 bits per heavy atom. The SMILES string of the molecule is CCCc1ccc(S(=O)(=O)Nc2ccc(S(=O)(=O)Nc3c(C)cc(C)cc3C)cc2)cc1. The molecule has 0 saturated carbocycles. The lowest BCUT2D eigenvalue weighted by molar-refractivity contribution is 0.600. The van der Waals surface area contributed by atoms with E-state index < -0.39 is 20.0 Å². The Balaban J connectivity index is 1.78. The number of sulfonamides is 2. The molecule has 6 nitrogen and oxygen atoms in total. The molecule has 0 spiro atoms. The largest absolute Gasteiger partial charge is 0.280 e. The maximum atomic E-state index is 12.8. The minimum atomic E-state index is -3.82. The Kier molecular flexibility index (Phi) is 6.95. The minimum Gasteiger partial charge on any atom is -0.280 e. The molecule has 3 aromatic rings. The molecule has 8 heteroatoms. The Morgan fingerprint density at radius 2 is 1.16 bits per heavy atom. The van der Waals surface area contributed by atoms with E-state index in [0.717, 1.165) is 35.1 Å². The van der Waals surface area contributed by atoms with Gasteiger partial charge in [0.25, 0.3) is 20.0 Å². The van der Waals surface area contributed by atoms with Gasteiger partial charge in [0.1, 0.15) is 0 Å². The number of hydrogen-bond donors (Lipinski definition) is 2. The van der Waals surface area contributed by atoms with Crippen LogP contribution >= 0.6 is 0 Å². The molecule has 32 heavy (non-hydrogen) atoms. The van der Waals surface area contributed by atoms with Crippen molar-refractivity contribution in [2.24, 2.45) is 0 Å². The van der Waals surface area contributed by atoms with Gasteiger partial charge >= 0.3 is 0 Å². The van der Waals surface area contributed by atoms with Gasteiger partial charge in [0, 0.05) is 5.69 Å². The lowest BCUT2D eigenvalue weighted by Gasteiger charge is -2.15. The van der Waals surface area contributed by atoms with Crippen molar-refractivity contribution in [3.8, 4) is 0 Å². The van der Waals surface area contributed by atoms with Crippen LogP contribution in [0.5, 0.6) is 0 Å². The first-order valence-electron chi connectivity index (χ1n) is 10.3. The lowest BCUT2D eigenvalue weighted by Crippen LogP contribution is -2.15. The molecule has 0 aliphatic rings. The molecule has 0 aliphatic carbocycles. The number of rotatable bonds is 8. The van der Waals surface area contributed by atoms with Gasteiger partial charge in [-0.3, -0.25) is 9.44 Å². The van der Waals surface area contributed by atoms with Crippen LogP contribution in [0.4, 0.5) is 11.4 Å². The standard InChI is InChI=1S/C24H28N2O4S2/c1-5-6-20-7-11-22(12-8-20)31(27,28)25-21-9-13-23(14-10-21)32(29,30)26-24-18(3)15-17(2)16-19(24)4/h7-16,25-26H,5-6H2,1-4H3. The van der Waals surface area contributed by atoms with E-state index in [2.05, 4.69) is 16.4 Å². The van der Waals surface area contributed by atoms with E-state index in [-0.39, 0.29) is 15.5 Å². The summed E-state index contributed by atoms with van der Waals surface area (Å²) >= 11 is 0. The number of hydrogen-bond acceptors (Lipinski definition) is 4. The smallest absolute Gasteiger partial charge is 0.261 e. The number of anilines is 2. The van der Waals surface area contributed by atoms with Gasteiger partial charge < -0.3 is 0 Å². The molecule has 3 aromatic carbocycles. The zero-order valence-electron chi connectivity index (χ0n) is 18.6. The monoisotopic (exact) mass is 472 g/mol. The molecule has 0 bridgehead atoms. The van der Waals surface area contributed by atoms with Crippen LogP contribution in [0, 0.1) is 20.8 Å². The first kappa shape index (κ1) is 23.8. The summed E-state index contributed by atoms with van der Waals surface area (Å²) in [6, 6.07) is 16.2. The van der Waals surface area contributed by atoms with Crippen molar-refractivity contribution < 1.29 is 16.8 Å². The Hall–Kier alpha value is -2.84. The van der Waals surface area contributed by atoms with E-state index in [0.29, 0.717) is 5.69 Å². The van der Waals surface area contributed by atoms with E-state index >= 15 is 0 Å². The van der Waals surface area contributed by atoms with Crippen LogP contribution < -0.4 is 9.44 Å². The third-order valence-electron chi connectivity index (χ3n) is 5.10. The average molecular weight is 473 g/mol. The van der Waals surface area contributed by atoms with Crippen LogP contribution in [0.1, 0.15) is 35.6 Å². The van der Waals surface area contributed by atoms with E-state index in [4.69, 9.17) is 0 Å². The highest BCUT2D eigenvalue weighted by molar-refractivity contribution is 7.93. The van der Waals surface area contributed by atoms with Gasteiger partial charge in [-0.1, -0.05) is 43.2 Å². The fourth-order valence-electron chi connectivity index (χ4n) is 3.57. The van der Waals surface area contributed by atoms with Crippen molar-refractivity contribution in [3.05, 3.63) is 82.9 Å². The fraction of sp³-hybridized carbons (Fsp3) is 0.250. The van der Waals surface area contributed by atoms with Crippen LogP contribution in [0.3, 0.4) is 0 Å². The second kappa shape index (κ2) is 9.34.